The molecule has 0 spiro atoms. The summed E-state index contributed by atoms with van der Waals surface area (Å²) in [5.41, 5.74) is 4.50. The first-order valence-electron chi connectivity index (χ1n) is 9.06. The number of carbonyl (C=O) groups excluding carboxylic acids is 1. The predicted molar refractivity (Wildman–Crippen MR) is 95.7 cm³/mol. The van der Waals surface area contributed by atoms with Gasteiger partial charge in [-0.25, -0.2) is 4.79 Å². The number of nitrogens with zero attached hydrogens (tertiary/aromatic N) is 1. The zero-order valence-electron chi connectivity index (χ0n) is 16.5. The van der Waals surface area contributed by atoms with Gasteiger partial charge in [0.25, 0.3) is 0 Å². The van der Waals surface area contributed by atoms with Crippen molar-refractivity contribution in [2.45, 2.75) is 90.9 Å². The van der Waals surface area contributed by atoms with E-state index in [0.717, 1.165) is 6.42 Å². The number of aliphatic hydroxyl groups is 1. The third-order valence-corrected chi connectivity index (χ3v) is 5.38. The summed E-state index contributed by atoms with van der Waals surface area (Å²) < 4.78 is 5.47. The van der Waals surface area contributed by atoms with Gasteiger partial charge in [0.15, 0.2) is 0 Å². The Bertz CT molecular complexity index is 491. The summed E-state index contributed by atoms with van der Waals surface area (Å²) >= 11 is 0. The number of nitrogens with two attached hydrogens (primary N) is 1. The van der Waals surface area contributed by atoms with Crippen LogP contribution in [0.4, 0.5) is 4.79 Å². The lowest BCUT2D eigenvalue weighted by molar-refractivity contribution is -0.129. The van der Waals surface area contributed by atoms with Crippen molar-refractivity contribution in [3.63, 3.8) is 0 Å². The minimum atomic E-state index is -0.963. The molecule has 140 valence electrons. The van der Waals surface area contributed by atoms with E-state index in [2.05, 4.69) is 27.7 Å². The van der Waals surface area contributed by atoms with E-state index in [0.29, 0.717) is 32.4 Å². The molecule has 5 heteroatoms. The quantitative estimate of drug-likeness (QED) is 0.768. The van der Waals surface area contributed by atoms with E-state index >= 15 is 0 Å². The number of rotatable bonds is 1. The molecule has 1 unspecified atom stereocenters. The number of likely N-dealkylation sites (tertiary alicyclic amines) is 1. The molecule has 1 saturated carbocycles. The average molecular weight is 341 g/mol. The summed E-state index contributed by atoms with van der Waals surface area (Å²) in [6, 6.07) is 0. The summed E-state index contributed by atoms with van der Waals surface area (Å²) in [5.74, 6) is 0. The van der Waals surface area contributed by atoms with E-state index < -0.39 is 16.7 Å². The lowest BCUT2D eigenvalue weighted by atomic mass is 9.55. The van der Waals surface area contributed by atoms with Crippen LogP contribution < -0.4 is 5.73 Å². The fourth-order valence-corrected chi connectivity index (χ4v) is 5.11. The zero-order chi connectivity index (χ0) is 18.6. The minimum Gasteiger partial charge on any atom is -0.444 e. The molecule has 1 heterocycles. The summed E-state index contributed by atoms with van der Waals surface area (Å²) in [6.45, 7) is 15.2. The van der Waals surface area contributed by atoms with Gasteiger partial charge in [0.2, 0.25) is 0 Å². The lowest BCUT2D eigenvalue weighted by Gasteiger charge is -2.55. The van der Waals surface area contributed by atoms with Crippen molar-refractivity contribution < 1.29 is 14.6 Å². The van der Waals surface area contributed by atoms with Crippen molar-refractivity contribution >= 4 is 6.09 Å². The largest absolute Gasteiger partial charge is 0.444 e. The van der Waals surface area contributed by atoms with E-state index in [1.807, 2.05) is 20.8 Å². The lowest BCUT2D eigenvalue weighted by Crippen LogP contribution is -2.66. The summed E-state index contributed by atoms with van der Waals surface area (Å²) in [6.07, 6.45) is 2.67. The van der Waals surface area contributed by atoms with Crippen LogP contribution >= 0.6 is 0 Å². The van der Waals surface area contributed by atoms with Crippen LogP contribution in [0.25, 0.3) is 0 Å². The van der Waals surface area contributed by atoms with Gasteiger partial charge in [0.1, 0.15) is 5.60 Å². The summed E-state index contributed by atoms with van der Waals surface area (Å²) in [5, 5.41) is 11.5. The number of ether oxygens (including phenoxy) is 1. The van der Waals surface area contributed by atoms with Crippen LogP contribution in [0, 0.1) is 10.8 Å². The SMILES string of the molecule is CC1(C)CC(C)(C)CC(O)(C2(N)CCN(C(=O)OC(C)(C)C)C2)C1. The van der Waals surface area contributed by atoms with Gasteiger partial charge >= 0.3 is 6.09 Å². The first kappa shape index (κ1) is 19.5. The molecule has 2 fully saturated rings. The first-order chi connectivity index (χ1) is 10.6. The highest BCUT2D eigenvalue weighted by Crippen LogP contribution is 2.54. The van der Waals surface area contributed by atoms with Gasteiger partial charge < -0.3 is 20.5 Å². The second kappa shape index (κ2) is 5.60. The minimum absolute atomic E-state index is 0.0300. The molecule has 2 aliphatic rings. The number of hydrogen-bond donors (Lipinski definition) is 2. The Hall–Kier alpha value is -0.810. The van der Waals surface area contributed by atoms with Gasteiger partial charge in [0.05, 0.1) is 11.1 Å². The molecule has 5 nitrogen and oxygen atoms in total. The van der Waals surface area contributed by atoms with Crippen molar-refractivity contribution in [2.24, 2.45) is 16.6 Å². The monoisotopic (exact) mass is 340 g/mol. The Morgan fingerprint density at radius 1 is 1.08 bits per heavy atom. The van der Waals surface area contributed by atoms with Crippen LogP contribution in [0.15, 0.2) is 0 Å². The smallest absolute Gasteiger partial charge is 0.410 e. The highest BCUT2D eigenvalue weighted by Gasteiger charge is 2.58. The van der Waals surface area contributed by atoms with Crippen LogP contribution in [-0.2, 0) is 4.74 Å². The normalized spacial score (nSPS) is 31.8. The topological polar surface area (TPSA) is 75.8 Å². The number of carbonyl (C=O) groups is 1. The standard InChI is InChI=1S/C19H36N2O3/c1-15(2,3)24-14(22)21-9-8-18(20,13-21)19(23)11-16(4,5)10-17(6,7)12-19/h23H,8-13,20H2,1-7H3. The molecule has 2 rings (SSSR count). The summed E-state index contributed by atoms with van der Waals surface area (Å²) in [7, 11) is 0. The predicted octanol–water partition coefficient (Wildman–Crippen LogP) is 3.29. The van der Waals surface area contributed by atoms with Gasteiger partial charge in [-0.2, -0.15) is 0 Å². The molecule has 1 amide bonds. The van der Waals surface area contributed by atoms with Gasteiger partial charge in [-0.1, -0.05) is 27.7 Å². The van der Waals surface area contributed by atoms with Crippen LogP contribution in [0.1, 0.15) is 74.1 Å². The first-order valence-corrected chi connectivity index (χ1v) is 9.06. The molecule has 1 atom stereocenters. The van der Waals surface area contributed by atoms with Gasteiger partial charge in [-0.05, 0) is 57.3 Å². The number of hydrogen-bond acceptors (Lipinski definition) is 4. The van der Waals surface area contributed by atoms with Gasteiger partial charge in [-0.15, -0.1) is 0 Å². The fraction of sp³-hybridized carbons (Fsp3) is 0.947. The Morgan fingerprint density at radius 2 is 1.58 bits per heavy atom. The molecule has 24 heavy (non-hydrogen) atoms. The number of amides is 1. The van der Waals surface area contributed by atoms with Crippen molar-refractivity contribution in [2.75, 3.05) is 13.1 Å². The van der Waals surface area contributed by atoms with Crippen LogP contribution in [0.3, 0.4) is 0 Å². The molecule has 3 N–H and O–H groups in total. The fourth-order valence-electron chi connectivity index (χ4n) is 5.11. The van der Waals surface area contributed by atoms with E-state index in [9.17, 15) is 9.90 Å². The van der Waals surface area contributed by atoms with Crippen molar-refractivity contribution in [3.05, 3.63) is 0 Å². The van der Waals surface area contributed by atoms with E-state index in [1.54, 1.807) is 4.90 Å². The molecule has 1 aliphatic carbocycles. The van der Waals surface area contributed by atoms with Crippen molar-refractivity contribution in [1.82, 2.24) is 4.90 Å². The molecule has 0 aromatic rings. The van der Waals surface area contributed by atoms with E-state index in [1.165, 1.54) is 0 Å². The van der Waals surface area contributed by atoms with E-state index in [4.69, 9.17) is 10.5 Å². The molecule has 1 saturated heterocycles. The molecule has 1 aliphatic heterocycles. The maximum absolute atomic E-state index is 12.4. The molecular weight excluding hydrogens is 304 g/mol. The second-order valence-corrected chi connectivity index (χ2v) is 10.7. The molecular formula is C19H36N2O3. The van der Waals surface area contributed by atoms with Crippen LogP contribution in [0.2, 0.25) is 0 Å². The van der Waals surface area contributed by atoms with Crippen molar-refractivity contribution in [3.8, 4) is 0 Å². The molecule has 0 bridgehead atoms. The zero-order valence-corrected chi connectivity index (χ0v) is 16.5. The van der Waals surface area contributed by atoms with Crippen molar-refractivity contribution in [1.29, 1.82) is 0 Å². The van der Waals surface area contributed by atoms with Gasteiger partial charge in [0, 0.05) is 13.1 Å². The maximum atomic E-state index is 12.4. The average Bonchev–Trinajstić information content (AvgIpc) is 2.66. The Labute approximate surface area is 146 Å². The highest BCUT2D eigenvalue weighted by atomic mass is 16.6. The van der Waals surface area contributed by atoms with Crippen LogP contribution in [0.5, 0.6) is 0 Å². The summed E-state index contributed by atoms with van der Waals surface area (Å²) in [4.78, 5) is 14.0. The molecule has 0 radical (unpaired) electrons. The highest BCUT2D eigenvalue weighted by molar-refractivity contribution is 5.68. The Morgan fingerprint density at radius 3 is 2.04 bits per heavy atom. The second-order valence-electron chi connectivity index (χ2n) is 10.7. The van der Waals surface area contributed by atoms with Gasteiger partial charge in [-0.3, -0.25) is 0 Å². The maximum Gasteiger partial charge on any atom is 0.410 e. The Kier molecular flexibility index (Phi) is 4.55. The molecule has 0 aromatic heterocycles. The van der Waals surface area contributed by atoms with E-state index in [-0.39, 0.29) is 16.9 Å². The Balaban J connectivity index is 2.18. The van der Waals surface area contributed by atoms with Crippen LogP contribution in [-0.4, -0.2) is 45.9 Å². The third kappa shape index (κ3) is 4.05. The molecule has 0 aromatic carbocycles. The third-order valence-electron chi connectivity index (χ3n) is 5.38.